The third kappa shape index (κ3) is 2.73. The number of nitrogens with zero attached hydrogens (tertiary/aromatic N) is 1. The molecule has 0 N–H and O–H groups in total. The highest BCUT2D eigenvalue weighted by molar-refractivity contribution is 6.63. The fraction of sp³-hybridized carbons (Fsp3) is 0.500. The first-order valence-corrected chi connectivity index (χ1v) is 5.49. The number of hydrogen-bond acceptors (Lipinski definition) is 2. The molecule has 1 heterocycles. The Hall–Kier alpha value is -1.09. The van der Waals surface area contributed by atoms with Crippen LogP contribution in [0.5, 0.6) is 0 Å². The second-order valence-electron chi connectivity index (χ2n) is 4.89. The summed E-state index contributed by atoms with van der Waals surface area (Å²) in [5.41, 5.74) is 1.12. The van der Waals surface area contributed by atoms with E-state index in [2.05, 4.69) is 0 Å². The Kier molecular flexibility index (Phi) is 3.58. The Labute approximate surface area is 100 Å². The third-order valence-corrected chi connectivity index (χ3v) is 2.61. The molecular weight excluding hydrogens is 226 g/mol. The van der Waals surface area contributed by atoms with Crippen LogP contribution in [0.1, 0.15) is 32.0 Å². The van der Waals surface area contributed by atoms with Crippen molar-refractivity contribution in [3.05, 3.63) is 33.7 Å². The average molecular weight is 242 g/mol. The minimum Gasteiger partial charge on any atom is -0.315 e. The van der Waals surface area contributed by atoms with Gasteiger partial charge in [0.1, 0.15) is 0 Å². The van der Waals surface area contributed by atoms with Crippen molar-refractivity contribution in [1.82, 2.24) is 4.57 Å². The lowest BCUT2D eigenvalue weighted by molar-refractivity contribution is -0.111. The highest BCUT2D eigenvalue weighted by Crippen LogP contribution is 2.20. The smallest absolute Gasteiger partial charge is 0.254 e. The number of aromatic nitrogens is 1. The van der Waals surface area contributed by atoms with Crippen LogP contribution in [0, 0.1) is 0 Å². The van der Waals surface area contributed by atoms with Crippen LogP contribution in [0.25, 0.3) is 0 Å². The number of carbonyl (C=O) groups excluding carboxylic acids is 1. The van der Waals surface area contributed by atoms with Crippen LogP contribution in [0.4, 0.5) is 0 Å². The number of pyridine rings is 1. The maximum absolute atomic E-state index is 11.9. The normalized spacial score (nSPS) is 11.6. The molecular formula is C12H16ClNO2. The Bertz CT molecular complexity index is 469. The van der Waals surface area contributed by atoms with Crippen molar-refractivity contribution in [3.8, 4) is 0 Å². The molecule has 1 rings (SSSR count). The summed E-state index contributed by atoms with van der Waals surface area (Å²) in [5, 5.41) is -0.513. The van der Waals surface area contributed by atoms with E-state index in [1.54, 1.807) is 17.7 Å². The molecule has 0 aliphatic rings. The standard InChI is InChI=1S/C12H16ClNO2/c1-12(2,3)9-6-5-8(7-10(13)15)11(16)14(9)4/h5-6H,7H2,1-4H3. The molecule has 0 fully saturated rings. The molecule has 0 unspecified atom stereocenters. The average Bonchev–Trinajstić information content (AvgIpc) is 2.10. The van der Waals surface area contributed by atoms with Gasteiger partial charge in [-0.2, -0.15) is 0 Å². The van der Waals surface area contributed by atoms with E-state index in [-0.39, 0.29) is 17.4 Å². The van der Waals surface area contributed by atoms with E-state index in [1.165, 1.54) is 0 Å². The predicted molar refractivity (Wildman–Crippen MR) is 64.9 cm³/mol. The van der Waals surface area contributed by atoms with Gasteiger partial charge in [0.2, 0.25) is 5.24 Å². The molecule has 3 nitrogen and oxygen atoms in total. The molecule has 0 aromatic carbocycles. The topological polar surface area (TPSA) is 39.1 Å². The number of carbonyl (C=O) groups is 1. The van der Waals surface area contributed by atoms with Gasteiger partial charge in [-0.25, -0.2) is 0 Å². The van der Waals surface area contributed by atoms with Crippen molar-refractivity contribution >= 4 is 16.8 Å². The molecule has 4 heteroatoms. The highest BCUT2D eigenvalue weighted by Gasteiger charge is 2.18. The van der Waals surface area contributed by atoms with Gasteiger partial charge in [0.05, 0.1) is 6.42 Å². The zero-order valence-electron chi connectivity index (χ0n) is 10.0. The van der Waals surface area contributed by atoms with Crippen molar-refractivity contribution in [3.63, 3.8) is 0 Å². The van der Waals surface area contributed by atoms with Crippen LogP contribution >= 0.6 is 11.6 Å². The summed E-state index contributed by atoms with van der Waals surface area (Å²) >= 11 is 5.28. The Morgan fingerprint density at radius 1 is 1.38 bits per heavy atom. The zero-order chi connectivity index (χ0) is 12.5. The molecule has 0 amide bonds. The summed E-state index contributed by atoms with van der Waals surface area (Å²) < 4.78 is 1.58. The van der Waals surface area contributed by atoms with Crippen LogP contribution in [0.15, 0.2) is 16.9 Å². The van der Waals surface area contributed by atoms with Gasteiger partial charge in [0.15, 0.2) is 0 Å². The molecule has 0 saturated heterocycles. The third-order valence-electron chi connectivity index (χ3n) is 2.48. The van der Waals surface area contributed by atoms with Crippen molar-refractivity contribution in [2.75, 3.05) is 0 Å². The number of hydrogen-bond donors (Lipinski definition) is 0. The Balaban J connectivity index is 3.30. The fourth-order valence-electron chi connectivity index (χ4n) is 1.72. The van der Waals surface area contributed by atoms with E-state index in [0.717, 1.165) is 5.69 Å². The van der Waals surface area contributed by atoms with Crippen LogP contribution in [0.3, 0.4) is 0 Å². The summed E-state index contributed by atoms with van der Waals surface area (Å²) in [6, 6.07) is 3.56. The van der Waals surface area contributed by atoms with E-state index in [4.69, 9.17) is 11.6 Å². The van der Waals surface area contributed by atoms with Crippen LogP contribution in [-0.2, 0) is 23.7 Å². The van der Waals surface area contributed by atoms with Crippen molar-refractivity contribution in [2.45, 2.75) is 32.6 Å². The molecule has 0 spiro atoms. The molecule has 0 aliphatic heterocycles. The second-order valence-corrected chi connectivity index (χ2v) is 5.31. The SMILES string of the molecule is Cn1c(C(C)(C)C)ccc(CC(=O)Cl)c1=O. The largest absolute Gasteiger partial charge is 0.315 e. The van der Waals surface area contributed by atoms with E-state index in [9.17, 15) is 9.59 Å². The molecule has 0 bridgehead atoms. The van der Waals surface area contributed by atoms with Crippen molar-refractivity contribution in [1.29, 1.82) is 0 Å². The van der Waals surface area contributed by atoms with Crippen molar-refractivity contribution in [2.24, 2.45) is 7.05 Å². The van der Waals surface area contributed by atoms with Gasteiger partial charge >= 0.3 is 0 Å². The summed E-state index contributed by atoms with van der Waals surface area (Å²) in [7, 11) is 1.71. The lowest BCUT2D eigenvalue weighted by Crippen LogP contribution is -2.29. The summed E-state index contributed by atoms with van der Waals surface area (Å²) in [6.45, 7) is 6.11. The van der Waals surface area contributed by atoms with Gasteiger partial charge in [-0.1, -0.05) is 26.8 Å². The van der Waals surface area contributed by atoms with Gasteiger partial charge in [0, 0.05) is 23.7 Å². The minimum atomic E-state index is -0.513. The first-order valence-electron chi connectivity index (χ1n) is 5.11. The van der Waals surface area contributed by atoms with Crippen molar-refractivity contribution < 1.29 is 4.79 Å². The van der Waals surface area contributed by atoms with Gasteiger partial charge in [0.25, 0.3) is 5.56 Å². The summed E-state index contributed by atoms with van der Waals surface area (Å²) in [5.74, 6) is 0. The molecule has 1 aromatic rings. The van der Waals surface area contributed by atoms with E-state index in [0.29, 0.717) is 5.56 Å². The molecule has 0 radical (unpaired) electrons. The lowest BCUT2D eigenvalue weighted by Gasteiger charge is -2.22. The molecule has 0 atom stereocenters. The summed E-state index contributed by atoms with van der Waals surface area (Å²) in [4.78, 5) is 22.7. The first-order chi connectivity index (χ1) is 7.23. The Morgan fingerprint density at radius 2 is 1.94 bits per heavy atom. The maximum atomic E-state index is 11.9. The maximum Gasteiger partial charge on any atom is 0.254 e. The van der Waals surface area contributed by atoms with Gasteiger partial charge in [-0.3, -0.25) is 9.59 Å². The Morgan fingerprint density at radius 3 is 2.38 bits per heavy atom. The van der Waals surface area contributed by atoms with Crippen LogP contribution in [0.2, 0.25) is 0 Å². The molecule has 0 saturated carbocycles. The molecule has 16 heavy (non-hydrogen) atoms. The number of rotatable bonds is 2. The van der Waals surface area contributed by atoms with Gasteiger partial charge in [-0.05, 0) is 17.7 Å². The zero-order valence-corrected chi connectivity index (χ0v) is 10.8. The summed E-state index contributed by atoms with van der Waals surface area (Å²) in [6.07, 6.45) is -0.0152. The molecule has 88 valence electrons. The van der Waals surface area contributed by atoms with Crippen LogP contribution < -0.4 is 5.56 Å². The van der Waals surface area contributed by atoms with Crippen LogP contribution in [-0.4, -0.2) is 9.81 Å². The van der Waals surface area contributed by atoms with Gasteiger partial charge < -0.3 is 4.57 Å². The van der Waals surface area contributed by atoms with E-state index < -0.39 is 5.24 Å². The quantitative estimate of drug-likeness (QED) is 0.743. The lowest BCUT2D eigenvalue weighted by atomic mass is 9.91. The molecule has 0 aliphatic carbocycles. The van der Waals surface area contributed by atoms with E-state index in [1.807, 2.05) is 26.8 Å². The highest BCUT2D eigenvalue weighted by atomic mass is 35.5. The number of halogens is 1. The second kappa shape index (κ2) is 4.42. The van der Waals surface area contributed by atoms with Gasteiger partial charge in [-0.15, -0.1) is 0 Å². The first kappa shape index (κ1) is 13.0. The fourth-order valence-corrected chi connectivity index (χ4v) is 1.87. The molecule has 1 aromatic heterocycles. The predicted octanol–water partition coefficient (Wildman–Crippen LogP) is 1.99. The van der Waals surface area contributed by atoms with E-state index >= 15 is 0 Å². The monoisotopic (exact) mass is 241 g/mol. The minimum absolute atomic E-state index is 0.0152.